The molecular weight excluding hydrogens is 336 g/mol. The molecule has 0 bridgehead atoms. The second-order valence-corrected chi connectivity index (χ2v) is 6.60. The van der Waals surface area contributed by atoms with Crippen molar-refractivity contribution >= 4 is 16.5 Å². The van der Waals surface area contributed by atoms with Crippen molar-refractivity contribution in [3.05, 3.63) is 48.7 Å². The molecule has 0 saturated heterocycles. The first-order valence-corrected chi connectivity index (χ1v) is 9.03. The Morgan fingerprint density at radius 3 is 2.76 bits per heavy atom. The molecule has 0 N–H and O–H groups in total. The van der Waals surface area contributed by atoms with Crippen LogP contribution in [0.5, 0.6) is 11.5 Å². The van der Waals surface area contributed by atoms with Crippen molar-refractivity contribution in [2.75, 3.05) is 24.6 Å². The van der Waals surface area contributed by atoms with E-state index in [1.165, 1.54) is 11.3 Å². The molecule has 0 aliphatic carbocycles. The van der Waals surface area contributed by atoms with E-state index in [-0.39, 0.29) is 6.10 Å². The number of ether oxygens (including phenoxy) is 2. The molecule has 2 aromatic heterocycles. The molecule has 4 rings (SSSR count). The van der Waals surface area contributed by atoms with Crippen LogP contribution in [-0.2, 0) is 0 Å². The van der Waals surface area contributed by atoms with Gasteiger partial charge in [-0.25, -0.2) is 0 Å². The number of aromatic nitrogens is 3. The summed E-state index contributed by atoms with van der Waals surface area (Å²) in [6, 6.07) is 13.5. The third kappa shape index (κ3) is 3.41. The highest BCUT2D eigenvalue weighted by Crippen LogP contribution is 2.32. The maximum absolute atomic E-state index is 6.05. The number of para-hydroxylation sites is 2. The van der Waals surface area contributed by atoms with Crippen molar-refractivity contribution in [1.29, 1.82) is 0 Å². The third-order valence-electron chi connectivity index (χ3n) is 3.94. The summed E-state index contributed by atoms with van der Waals surface area (Å²) in [5.74, 6) is 1.59. The molecule has 6 nitrogen and oxygen atoms in total. The van der Waals surface area contributed by atoms with E-state index in [1.54, 1.807) is 6.20 Å². The van der Waals surface area contributed by atoms with E-state index in [1.807, 2.05) is 42.5 Å². The van der Waals surface area contributed by atoms with Crippen molar-refractivity contribution in [1.82, 2.24) is 15.2 Å². The Morgan fingerprint density at radius 1 is 1.12 bits per heavy atom. The highest BCUT2D eigenvalue weighted by atomic mass is 32.1. The van der Waals surface area contributed by atoms with Crippen LogP contribution in [0, 0.1) is 0 Å². The zero-order valence-electron chi connectivity index (χ0n) is 13.8. The number of hydrogen-bond acceptors (Lipinski definition) is 7. The Hall–Kier alpha value is -2.67. The fourth-order valence-corrected chi connectivity index (χ4v) is 3.57. The summed E-state index contributed by atoms with van der Waals surface area (Å²) in [5.41, 5.74) is 0.841. The SMILES string of the molecule is CCN(CC1COc2ccccc2O1)c1nnc(-c2ccccn2)s1. The van der Waals surface area contributed by atoms with Crippen molar-refractivity contribution in [2.45, 2.75) is 13.0 Å². The first-order chi connectivity index (χ1) is 12.3. The Balaban J connectivity index is 1.47. The van der Waals surface area contributed by atoms with Crippen LogP contribution in [-0.4, -0.2) is 41.0 Å². The number of rotatable bonds is 5. The van der Waals surface area contributed by atoms with Gasteiger partial charge in [-0.1, -0.05) is 29.5 Å². The first kappa shape index (κ1) is 15.8. The molecule has 7 heteroatoms. The summed E-state index contributed by atoms with van der Waals surface area (Å²) < 4.78 is 11.9. The van der Waals surface area contributed by atoms with E-state index < -0.39 is 0 Å². The second-order valence-electron chi connectivity index (χ2n) is 5.64. The first-order valence-electron chi connectivity index (χ1n) is 8.22. The molecule has 1 aliphatic heterocycles. The van der Waals surface area contributed by atoms with Gasteiger partial charge in [-0.3, -0.25) is 4.98 Å². The highest BCUT2D eigenvalue weighted by Gasteiger charge is 2.24. The zero-order chi connectivity index (χ0) is 17.1. The number of benzene rings is 1. The summed E-state index contributed by atoms with van der Waals surface area (Å²) in [6.07, 6.45) is 1.72. The summed E-state index contributed by atoms with van der Waals surface area (Å²) >= 11 is 1.54. The molecular formula is C18H18N4O2S. The molecule has 3 heterocycles. The van der Waals surface area contributed by atoms with Gasteiger partial charge in [0.25, 0.3) is 0 Å². The highest BCUT2D eigenvalue weighted by molar-refractivity contribution is 7.18. The van der Waals surface area contributed by atoms with Gasteiger partial charge in [0, 0.05) is 12.7 Å². The Kier molecular flexibility index (Phi) is 4.47. The quantitative estimate of drug-likeness (QED) is 0.701. The lowest BCUT2D eigenvalue weighted by molar-refractivity contribution is 0.0954. The van der Waals surface area contributed by atoms with Gasteiger partial charge in [0.05, 0.1) is 6.54 Å². The number of fused-ring (bicyclic) bond motifs is 1. The minimum atomic E-state index is -0.0444. The van der Waals surface area contributed by atoms with Crippen LogP contribution in [0.1, 0.15) is 6.92 Å². The molecule has 1 aromatic carbocycles. The molecule has 0 spiro atoms. The standard InChI is InChI=1S/C18H18N4O2S/c1-2-22(11-13-12-23-15-8-3-4-9-16(15)24-13)18-21-20-17(25-18)14-7-5-6-10-19-14/h3-10,13H,2,11-12H2,1H3. The van der Waals surface area contributed by atoms with Gasteiger partial charge in [0.1, 0.15) is 12.3 Å². The molecule has 3 aromatic rings. The molecule has 1 atom stereocenters. The van der Waals surface area contributed by atoms with Crippen molar-refractivity contribution in [3.63, 3.8) is 0 Å². The average Bonchev–Trinajstić information content (AvgIpc) is 3.17. The fourth-order valence-electron chi connectivity index (χ4n) is 2.68. The summed E-state index contributed by atoms with van der Waals surface area (Å²) in [4.78, 5) is 6.49. The molecule has 1 unspecified atom stereocenters. The molecule has 0 fully saturated rings. The summed E-state index contributed by atoms with van der Waals surface area (Å²) in [6.45, 7) is 4.14. The van der Waals surface area contributed by atoms with Gasteiger partial charge < -0.3 is 14.4 Å². The lowest BCUT2D eigenvalue weighted by Gasteiger charge is -2.30. The molecule has 128 valence electrons. The molecule has 25 heavy (non-hydrogen) atoms. The zero-order valence-corrected chi connectivity index (χ0v) is 14.6. The van der Waals surface area contributed by atoms with Crippen molar-refractivity contribution in [3.8, 4) is 22.2 Å². The molecule has 0 amide bonds. The van der Waals surface area contributed by atoms with E-state index in [9.17, 15) is 0 Å². The number of likely N-dealkylation sites (N-methyl/N-ethyl adjacent to an activating group) is 1. The van der Waals surface area contributed by atoms with Crippen LogP contribution in [0.25, 0.3) is 10.7 Å². The lowest BCUT2D eigenvalue weighted by Crippen LogP contribution is -2.41. The van der Waals surface area contributed by atoms with E-state index in [0.29, 0.717) is 13.2 Å². The van der Waals surface area contributed by atoms with E-state index in [4.69, 9.17) is 9.47 Å². The summed E-state index contributed by atoms with van der Waals surface area (Å²) in [7, 11) is 0. The minimum Gasteiger partial charge on any atom is -0.486 e. The smallest absolute Gasteiger partial charge is 0.208 e. The number of nitrogens with zero attached hydrogens (tertiary/aromatic N) is 4. The van der Waals surface area contributed by atoms with Crippen LogP contribution in [0.15, 0.2) is 48.7 Å². The molecule has 0 radical (unpaired) electrons. The van der Waals surface area contributed by atoms with E-state index in [0.717, 1.165) is 33.9 Å². The van der Waals surface area contributed by atoms with Gasteiger partial charge in [-0.2, -0.15) is 0 Å². The maximum Gasteiger partial charge on any atom is 0.208 e. The second kappa shape index (κ2) is 7.06. The summed E-state index contributed by atoms with van der Waals surface area (Å²) in [5, 5.41) is 10.3. The van der Waals surface area contributed by atoms with Crippen LogP contribution in [0.4, 0.5) is 5.13 Å². The van der Waals surface area contributed by atoms with Gasteiger partial charge in [-0.15, -0.1) is 10.2 Å². The number of anilines is 1. The molecule has 0 saturated carbocycles. The Morgan fingerprint density at radius 2 is 1.96 bits per heavy atom. The monoisotopic (exact) mass is 354 g/mol. The van der Waals surface area contributed by atoms with Gasteiger partial charge in [0.2, 0.25) is 5.13 Å². The predicted octanol–water partition coefficient (Wildman–Crippen LogP) is 3.27. The van der Waals surface area contributed by atoms with Crippen molar-refractivity contribution in [2.24, 2.45) is 0 Å². The Bertz CT molecular complexity index is 840. The predicted molar refractivity (Wildman–Crippen MR) is 97.4 cm³/mol. The van der Waals surface area contributed by atoms with Crippen LogP contribution in [0.3, 0.4) is 0 Å². The minimum absolute atomic E-state index is 0.0444. The van der Waals surface area contributed by atoms with Gasteiger partial charge in [0.15, 0.2) is 22.6 Å². The van der Waals surface area contributed by atoms with Crippen LogP contribution in [0.2, 0.25) is 0 Å². The number of pyridine rings is 1. The van der Waals surface area contributed by atoms with E-state index >= 15 is 0 Å². The normalized spacial score (nSPS) is 15.8. The topological polar surface area (TPSA) is 60.4 Å². The maximum atomic E-state index is 6.05. The van der Waals surface area contributed by atoms with Gasteiger partial charge in [-0.05, 0) is 31.2 Å². The Labute approximate surface area is 150 Å². The average molecular weight is 354 g/mol. The lowest BCUT2D eigenvalue weighted by atomic mass is 10.2. The number of hydrogen-bond donors (Lipinski definition) is 0. The molecule has 1 aliphatic rings. The third-order valence-corrected chi connectivity index (χ3v) is 4.95. The largest absolute Gasteiger partial charge is 0.486 e. The van der Waals surface area contributed by atoms with Crippen LogP contribution >= 0.6 is 11.3 Å². The van der Waals surface area contributed by atoms with Crippen LogP contribution < -0.4 is 14.4 Å². The van der Waals surface area contributed by atoms with E-state index in [2.05, 4.69) is 27.0 Å². The fraction of sp³-hybridized carbons (Fsp3) is 0.278. The van der Waals surface area contributed by atoms with Crippen molar-refractivity contribution < 1.29 is 9.47 Å². The van der Waals surface area contributed by atoms with Gasteiger partial charge >= 0.3 is 0 Å².